The Labute approximate surface area is 110 Å². The molecule has 0 aromatic heterocycles. The maximum Gasteiger partial charge on any atom is 0.104 e. The molecule has 1 aromatic carbocycles. The molecule has 2 atom stereocenters. The number of ether oxygens (including phenoxy) is 2. The summed E-state index contributed by atoms with van der Waals surface area (Å²) < 4.78 is 10.6. The summed E-state index contributed by atoms with van der Waals surface area (Å²) in [7, 11) is 0. The average molecular weight is 248 g/mol. The van der Waals surface area contributed by atoms with Crippen LogP contribution in [0.2, 0.25) is 0 Å². The molecule has 2 nitrogen and oxygen atoms in total. The van der Waals surface area contributed by atoms with Crippen LogP contribution in [0.15, 0.2) is 24.3 Å². The van der Waals surface area contributed by atoms with Crippen molar-refractivity contribution < 1.29 is 9.47 Å². The van der Waals surface area contributed by atoms with Crippen LogP contribution < -0.4 is 0 Å². The second kappa shape index (κ2) is 6.91. The van der Waals surface area contributed by atoms with Crippen molar-refractivity contribution >= 4 is 0 Å². The lowest BCUT2D eigenvalue weighted by Crippen LogP contribution is -2.03. The molecule has 1 fully saturated rings. The highest BCUT2D eigenvalue weighted by molar-refractivity contribution is 5.25. The minimum atomic E-state index is 0.389. The molecule has 100 valence electrons. The molecule has 1 aromatic rings. The number of epoxide rings is 1. The summed E-state index contributed by atoms with van der Waals surface area (Å²) >= 11 is 0. The van der Waals surface area contributed by atoms with Crippen LogP contribution in [-0.2, 0) is 15.9 Å². The Balaban J connectivity index is 1.65. The fraction of sp³-hybridized carbons (Fsp3) is 0.625. The third-order valence-electron chi connectivity index (χ3n) is 3.62. The number of aryl methyl sites for hydroxylation is 1. The Bertz CT molecular complexity index is 341. The summed E-state index contributed by atoms with van der Waals surface area (Å²) in [5, 5.41) is 0. The number of benzene rings is 1. The van der Waals surface area contributed by atoms with E-state index in [1.807, 2.05) is 0 Å². The fourth-order valence-corrected chi connectivity index (χ4v) is 2.01. The minimum absolute atomic E-state index is 0.389. The zero-order chi connectivity index (χ0) is 12.8. The van der Waals surface area contributed by atoms with E-state index in [0.29, 0.717) is 12.0 Å². The first-order chi connectivity index (χ1) is 8.79. The smallest absolute Gasteiger partial charge is 0.104 e. The van der Waals surface area contributed by atoms with Crippen molar-refractivity contribution in [1.29, 1.82) is 0 Å². The third-order valence-corrected chi connectivity index (χ3v) is 3.62. The SMILES string of the molecule is CCC(C)c1ccc(CCCOCC2CO2)cc1. The Kier molecular flexibility index (Phi) is 5.21. The van der Waals surface area contributed by atoms with E-state index in [-0.39, 0.29) is 0 Å². The molecule has 0 saturated carbocycles. The van der Waals surface area contributed by atoms with Gasteiger partial charge in [-0.3, -0.25) is 0 Å². The summed E-state index contributed by atoms with van der Waals surface area (Å²) in [6.07, 6.45) is 3.79. The molecule has 0 spiro atoms. The first kappa shape index (κ1) is 13.6. The van der Waals surface area contributed by atoms with Gasteiger partial charge in [0.15, 0.2) is 0 Å². The Morgan fingerprint density at radius 3 is 2.67 bits per heavy atom. The van der Waals surface area contributed by atoms with Gasteiger partial charge in [0.1, 0.15) is 6.10 Å². The first-order valence-electron chi connectivity index (χ1n) is 7.07. The third kappa shape index (κ3) is 4.43. The zero-order valence-corrected chi connectivity index (χ0v) is 11.5. The van der Waals surface area contributed by atoms with Gasteiger partial charge in [-0.15, -0.1) is 0 Å². The number of rotatable bonds is 8. The molecule has 1 aliphatic rings. The van der Waals surface area contributed by atoms with E-state index in [9.17, 15) is 0 Å². The predicted molar refractivity (Wildman–Crippen MR) is 74.0 cm³/mol. The van der Waals surface area contributed by atoms with E-state index in [0.717, 1.165) is 32.7 Å². The van der Waals surface area contributed by atoms with E-state index >= 15 is 0 Å². The van der Waals surface area contributed by atoms with Crippen LogP contribution in [0.1, 0.15) is 43.7 Å². The van der Waals surface area contributed by atoms with Crippen LogP contribution in [0.4, 0.5) is 0 Å². The number of hydrogen-bond acceptors (Lipinski definition) is 2. The fourth-order valence-electron chi connectivity index (χ4n) is 2.01. The van der Waals surface area contributed by atoms with Crippen LogP contribution in [0.3, 0.4) is 0 Å². The molecule has 0 N–H and O–H groups in total. The second-order valence-electron chi connectivity index (χ2n) is 5.18. The molecule has 0 radical (unpaired) electrons. The minimum Gasteiger partial charge on any atom is -0.379 e. The molecule has 2 heteroatoms. The molecule has 0 aliphatic carbocycles. The maximum absolute atomic E-state index is 5.53. The number of hydrogen-bond donors (Lipinski definition) is 0. The van der Waals surface area contributed by atoms with Crippen LogP contribution >= 0.6 is 0 Å². The highest BCUT2D eigenvalue weighted by Crippen LogP contribution is 2.19. The topological polar surface area (TPSA) is 21.8 Å². The van der Waals surface area contributed by atoms with Crippen molar-refractivity contribution in [1.82, 2.24) is 0 Å². The molecule has 0 amide bonds. The molecule has 2 unspecified atom stereocenters. The van der Waals surface area contributed by atoms with Crippen LogP contribution in [0.25, 0.3) is 0 Å². The van der Waals surface area contributed by atoms with E-state index in [4.69, 9.17) is 9.47 Å². The van der Waals surface area contributed by atoms with Crippen molar-refractivity contribution in [2.45, 2.75) is 45.1 Å². The van der Waals surface area contributed by atoms with Gasteiger partial charge in [0.2, 0.25) is 0 Å². The van der Waals surface area contributed by atoms with Crippen LogP contribution in [0, 0.1) is 0 Å². The van der Waals surface area contributed by atoms with Gasteiger partial charge in [-0.25, -0.2) is 0 Å². The van der Waals surface area contributed by atoms with Crippen molar-refractivity contribution in [3.05, 3.63) is 35.4 Å². The molecule has 1 saturated heterocycles. The first-order valence-corrected chi connectivity index (χ1v) is 7.07. The molecule has 0 bridgehead atoms. The summed E-state index contributed by atoms with van der Waals surface area (Å²) in [5.74, 6) is 0.668. The molecular formula is C16H24O2. The largest absolute Gasteiger partial charge is 0.379 e. The highest BCUT2D eigenvalue weighted by atomic mass is 16.6. The maximum atomic E-state index is 5.53. The molecule has 18 heavy (non-hydrogen) atoms. The van der Waals surface area contributed by atoms with E-state index in [1.165, 1.54) is 17.5 Å². The van der Waals surface area contributed by atoms with Crippen molar-refractivity contribution in [3.8, 4) is 0 Å². The van der Waals surface area contributed by atoms with Gasteiger partial charge in [-0.2, -0.15) is 0 Å². The second-order valence-corrected chi connectivity index (χ2v) is 5.18. The summed E-state index contributed by atoms with van der Waals surface area (Å²) in [6.45, 7) is 7.01. The summed E-state index contributed by atoms with van der Waals surface area (Å²) in [5.41, 5.74) is 2.86. The Hall–Kier alpha value is -0.860. The van der Waals surface area contributed by atoms with Gasteiger partial charge in [-0.05, 0) is 36.3 Å². The lowest BCUT2D eigenvalue weighted by Gasteiger charge is -2.09. The Morgan fingerprint density at radius 1 is 1.33 bits per heavy atom. The molecule has 1 aliphatic heterocycles. The van der Waals surface area contributed by atoms with Crippen molar-refractivity contribution in [2.75, 3.05) is 19.8 Å². The normalized spacial score (nSPS) is 19.8. The van der Waals surface area contributed by atoms with Crippen LogP contribution in [0.5, 0.6) is 0 Å². The molecule has 1 heterocycles. The Morgan fingerprint density at radius 2 is 2.06 bits per heavy atom. The lowest BCUT2D eigenvalue weighted by molar-refractivity contribution is 0.114. The van der Waals surface area contributed by atoms with Gasteiger partial charge in [0.25, 0.3) is 0 Å². The summed E-state index contributed by atoms with van der Waals surface area (Å²) in [6, 6.07) is 9.04. The predicted octanol–water partition coefficient (Wildman–Crippen LogP) is 3.55. The van der Waals surface area contributed by atoms with Gasteiger partial charge < -0.3 is 9.47 Å². The van der Waals surface area contributed by atoms with E-state index in [2.05, 4.69) is 38.1 Å². The average Bonchev–Trinajstić information content (AvgIpc) is 3.22. The van der Waals surface area contributed by atoms with Gasteiger partial charge >= 0.3 is 0 Å². The monoisotopic (exact) mass is 248 g/mol. The highest BCUT2D eigenvalue weighted by Gasteiger charge is 2.21. The van der Waals surface area contributed by atoms with Crippen molar-refractivity contribution in [2.24, 2.45) is 0 Å². The van der Waals surface area contributed by atoms with Gasteiger partial charge in [-0.1, -0.05) is 38.1 Å². The van der Waals surface area contributed by atoms with Crippen molar-refractivity contribution in [3.63, 3.8) is 0 Å². The van der Waals surface area contributed by atoms with E-state index < -0.39 is 0 Å². The van der Waals surface area contributed by atoms with Gasteiger partial charge in [0, 0.05) is 6.61 Å². The summed E-state index contributed by atoms with van der Waals surface area (Å²) in [4.78, 5) is 0. The zero-order valence-electron chi connectivity index (χ0n) is 11.5. The lowest BCUT2D eigenvalue weighted by atomic mass is 9.97. The standard InChI is InChI=1S/C16H24O2/c1-3-13(2)15-8-6-14(7-9-15)5-4-10-17-11-16-12-18-16/h6-9,13,16H,3-5,10-12H2,1-2H3. The molecule has 2 rings (SSSR count). The van der Waals surface area contributed by atoms with E-state index in [1.54, 1.807) is 0 Å². The van der Waals surface area contributed by atoms with Crippen LogP contribution in [-0.4, -0.2) is 25.9 Å². The van der Waals surface area contributed by atoms with Gasteiger partial charge in [0.05, 0.1) is 13.2 Å². The molecular weight excluding hydrogens is 224 g/mol. The quantitative estimate of drug-likeness (QED) is 0.518.